The predicted octanol–water partition coefficient (Wildman–Crippen LogP) is 14.7. The first kappa shape index (κ1) is 77.2. The first-order valence-electron chi connectivity index (χ1n) is 35.2. The van der Waals surface area contributed by atoms with Crippen LogP contribution in [0.4, 0.5) is 4.39 Å². The SMILES string of the molecule is Cc1ccc(S(=O)(=O)N(CCCCc2ccccc2)Cc2nncn2CC#Cc2ccccc2)cc1.Cc1ccc(S(=O)(=O)N(CCCCc2ccccc2)Cc2nncn2Cc2ccc(F)cc2)cc1.Cc1ccc(S(=O)(=O)N(CCCCc2ccccc2)Cc2nncn2Cc2ccccc2)cc1. The number of halogens is 1. The molecule has 0 saturated carbocycles. The Bertz CT molecular complexity index is 5010. The van der Waals surface area contributed by atoms with Gasteiger partial charge in [-0.1, -0.05) is 217 Å². The van der Waals surface area contributed by atoms with Crippen LogP contribution >= 0.6 is 0 Å². The third-order valence-electron chi connectivity index (χ3n) is 17.6. The van der Waals surface area contributed by atoms with Gasteiger partial charge in [0, 0.05) is 25.2 Å². The molecule has 0 radical (unpaired) electrons. The summed E-state index contributed by atoms with van der Waals surface area (Å²) in [4.78, 5) is 0.845. The first-order valence-corrected chi connectivity index (χ1v) is 39.5. The minimum atomic E-state index is -3.73. The quantitative estimate of drug-likeness (QED) is 0.0285. The lowest BCUT2D eigenvalue weighted by Crippen LogP contribution is -2.33. The van der Waals surface area contributed by atoms with Crippen LogP contribution in [-0.4, -0.2) is 102 Å². The molecule has 0 unspecified atom stereocenters. The van der Waals surface area contributed by atoms with Gasteiger partial charge < -0.3 is 13.7 Å². The number of unbranched alkanes of at least 4 members (excludes halogenated alkanes) is 3. The summed E-state index contributed by atoms with van der Waals surface area (Å²) in [6, 6.07) is 77.5. The molecular weight excluding hydrogens is 1380 g/mol. The van der Waals surface area contributed by atoms with E-state index < -0.39 is 30.1 Å². The van der Waals surface area contributed by atoms with E-state index in [4.69, 9.17) is 0 Å². The molecule has 0 atom stereocenters. The summed E-state index contributed by atoms with van der Waals surface area (Å²) >= 11 is 0. The molecule has 12 rings (SSSR count). The second-order valence-corrected chi connectivity index (χ2v) is 31.5. The molecule has 0 amide bonds. The number of hydrogen-bond acceptors (Lipinski definition) is 12. The fourth-order valence-electron chi connectivity index (χ4n) is 11.6. The lowest BCUT2D eigenvalue weighted by atomic mass is 10.1. The fraction of sp³-hybridized carbons (Fsp3) is 0.253. The van der Waals surface area contributed by atoms with Crippen molar-refractivity contribution >= 4 is 30.1 Å². The van der Waals surface area contributed by atoms with Gasteiger partial charge in [-0.15, -0.1) is 30.6 Å². The normalized spacial score (nSPS) is 11.6. The van der Waals surface area contributed by atoms with Crippen LogP contribution in [-0.2, 0) is 88.6 Å². The average Bonchev–Trinajstić information content (AvgIpc) is 1.77. The van der Waals surface area contributed by atoms with E-state index in [-0.39, 0.29) is 35.2 Å². The van der Waals surface area contributed by atoms with Crippen LogP contribution in [0.2, 0.25) is 0 Å². The van der Waals surface area contributed by atoms with E-state index in [1.54, 1.807) is 88.8 Å². The zero-order valence-corrected chi connectivity index (χ0v) is 62.0. The van der Waals surface area contributed by atoms with Crippen molar-refractivity contribution < 1.29 is 29.6 Å². The number of aryl methyl sites for hydroxylation is 6. The molecule has 0 aliphatic heterocycles. The van der Waals surface area contributed by atoms with Crippen molar-refractivity contribution in [3.8, 4) is 11.8 Å². The van der Waals surface area contributed by atoms with Gasteiger partial charge in [0.1, 0.15) is 42.3 Å². The summed E-state index contributed by atoms with van der Waals surface area (Å²) in [6.07, 6.45) is 12.4. The Labute approximate surface area is 618 Å². The minimum Gasteiger partial charge on any atom is -0.312 e. The van der Waals surface area contributed by atoms with Crippen LogP contribution in [0.5, 0.6) is 0 Å². The summed E-state index contributed by atoms with van der Waals surface area (Å²) in [5.74, 6) is 7.68. The molecule has 12 aromatic rings. The van der Waals surface area contributed by atoms with Crippen molar-refractivity contribution in [3.05, 3.63) is 341 Å². The average molecular weight is 1470 g/mol. The molecule has 3 aromatic heterocycles. The molecule has 18 nitrogen and oxygen atoms in total. The van der Waals surface area contributed by atoms with Gasteiger partial charge in [0.2, 0.25) is 30.1 Å². The lowest BCUT2D eigenvalue weighted by molar-refractivity contribution is 0.380. The Morgan fingerprint density at radius 3 is 0.981 bits per heavy atom. The molecule has 0 aliphatic rings. The molecule has 105 heavy (non-hydrogen) atoms. The lowest BCUT2D eigenvalue weighted by Gasteiger charge is -2.22. The van der Waals surface area contributed by atoms with Crippen LogP contribution in [0, 0.1) is 38.4 Å². The smallest absolute Gasteiger partial charge is 0.243 e. The predicted molar refractivity (Wildman–Crippen MR) is 409 cm³/mol. The second-order valence-electron chi connectivity index (χ2n) is 25.7. The van der Waals surface area contributed by atoms with Crippen molar-refractivity contribution in [2.75, 3.05) is 19.6 Å². The molecular formula is C83H89FN12O6S3. The van der Waals surface area contributed by atoms with Gasteiger partial charge in [0.15, 0.2) is 0 Å². The molecule has 0 N–H and O–H groups in total. The molecule has 9 aromatic carbocycles. The van der Waals surface area contributed by atoms with Gasteiger partial charge in [-0.25, -0.2) is 29.6 Å². The molecule has 0 fully saturated rings. The standard InChI is InChI=1S/C29H30N4O2S.C27H29FN4O2S.C27H30N4O2S/c1-25-17-19-28(20-18-25)36(34,35)33(22-9-8-15-26-11-4-2-5-12-26)23-29-31-30-24-32(29)21-10-16-27-13-6-3-7-14-27;1-22-10-16-26(17-11-22)35(33,34)32(18-6-5-9-23-7-3-2-4-8-23)20-27-30-29-21-31(27)19-24-12-14-25(28)15-13-24;1-23-15-17-26(18-16-23)34(32,33)31(19-9-8-12-24-10-4-2-5-11-24)21-27-29-28-22-30(27)20-25-13-6-3-7-14-25/h2-7,11-14,17-20,24H,8-9,15,21-23H2,1H3;2-4,7-8,10-17,21H,5-6,9,18-20H2,1H3;2-7,10-11,13-18,22H,8-9,12,19-21H2,1H3. The highest BCUT2D eigenvalue weighted by Gasteiger charge is 2.29. The third-order valence-corrected chi connectivity index (χ3v) is 23.2. The molecule has 22 heteroatoms. The van der Waals surface area contributed by atoms with E-state index in [2.05, 4.69) is 78.8 Å². The Morgan fingerprint density at radius 1 is 0.343 bits per heavy atom. The molecule has 0 aliphatic carbocycles. The topological polar surface area (TPSA) is 204 Å². The van der Waals surface area contributed by atoms with Crippen molar-refractivity contribution in [2.45, 2.75) is 133 Å². The van der Waals surface area contributed by atoms with Gasteiger partial charge in [-0.3, -0.25) is 0 Å². The van der Waals surface area contributed by atoms with E-state index in [1.807, 2.05) is 165 Å². The fourth-order valence-corrected chi connectivity index (χ4v) is 15.9. The summed E-state index contributed by atoms with van der Waals surface area (Å²) in [6.45, 7) is 8.80. The van der Waals surface area contributed by atoms with E-state index >= 15 is 0 Å². The van der Waals surface area contributed by atoms with Gasteiger partial charge in [0.05, 0.1) is 54.0 Å². The highest BCUT2D eigenvalue weighted by atomic mass is 32.2. The number of sulfonamides is 3. The van der Waals surface area contributed by atoms with Crippen molar-refractivity contribution in [1.82, 2.24) is 57.2 Å². The molecule has 0 bridgehead atoms. The molecule has 0 spiro atoms. The third kappa shape index (κ3) is 23.6. The van der Waals surface area contributed by atoms with Crippen LogP contribution in [0.1, 0.15) is 106 Å². The zero-order valence-electron chi connectivity index (χ0n) is 59.6. The molecule has 0 saturated heterocycles. The van der Waals surface area contributed by atoms with Gasteiger partial charge in [-0.2, -0.15) is 12.9 Å². The van der Waals surface area contributed by atoms with E-state index in [1.165, 1.54) is 41.7 Å². The van der Waals surface area contributed by atoms with Crippen LogP contribution in [0.15, 0.2) is 282 Å². The van der Waals surface area contributed by atoms with Crippen LogP contribution in [0.3, 0.4) is 0 Å². The van der Waals surface area contributed by atoms with E-state index in [0.29, 0.717) is 68.1 Å². The number of benzene rings is 9. The maximum absolute atomic E-state index is 13.6. The number of rotatable bonds is 32. The van der Waals surface area contributed by atoms with Crippen LogP contribution in [0.25, 0.3) is 0 Å². The Morgan fingerprint density at radius 2 is 0.638 bits per heavy atom. The van der Waals surface area contributed by atoms with Gasteiger partial charge in [0.25, 0.3) is 0 Å². The minimum absolute atomic E-state index is 0.0999. The number of aromatic nitrogens is 9. The van der Waals surface area contributed by atoms with E-state index in [0.717, 1.165) is 84.7 Å². The molecule has 3 heterocycles. The Balaban J connectivity index is 0.000000169. The van der Waals surface area contributed by atoms with E-state index in [9.17, 15) is 29.6 Å². The monoisotopic (exact) mass is 1460 g/mol. The second kappa shape index (κ2) is 38.9. The summed E-state index contributed by atoms with van der Waals surface area (Å²) in [5.41, 5.74) is 9.70. The van der Waals surface area contributed by atoms with Crippen molar-refractivity contribution in [1.29, 1.82) is 0 Å². The highest BCUT2D eigenvalue weighted by Crippen LogP contribution is 2.25. The van der Waals surface area contributed by atoms with Crippen molar-refractivity contribution in [2.24, 2.45) is 0 Å². The Hall–Kier alpha value is -10.4. The van der Waals surface area contributed by atoms with Crippen LogP contribution < -0.4 is 0 Å². The first-order chi connectivity index (χ1) is 51.0. The summed E-state index contributed by atoms with van der Waals surface area (Å²) in [7, 11) is -11.1. The maximum Gasteiger partial charge on any atom is 0.243 e. The highest BCUT2D eigenvalue weighted by molar-refractivity contribution is 7.89. The maximum atomic E-state index is 13.6. The summed E-state index contributed by atoms with van der Waals surface area (Å²) in [5, 5.41) is 24.8. The summed E-state index contributed by atoms with van der Waals surface area (Å²) < 4.78 is 105. The largest absolute Gasteiger partial charge is 0.312 e. The number of nitrogens with zero attached hydrogens (tertiary/aromatic N) is 12. The number of hydrogen-bond donors (Lipinski definition) is 0. The van der Waals surface area contributed by atoms with Crippen molar-refractivity contribution in [3.63, 3.8) is 0 Å². The zero-order chi connectivity index (χ0) is 73.7. The van der Waals surface area contributed by atoms with Gasteiger partial charge >= 0.3 is 0 Å². The van der Waals surface area contributed by atoms with Gasteiger partial charge in [-0.05, 0) is 167 Å². The molecule has 542 valence electrons. The Kier molecular flexibility index (Phi) is 28.6.